The van der Waals surface area contributed by atoms with Gasteiger partial charge in [0.05, 0.1) is 36.0 Å². The zero-order valence-electron chi connectivity index (χ0n) is 17.6. The minimum Gasteiger partial charge on any atom is -0.465 e. The molecule has 1 fully saturated rings. The van der Waals surface area contributed by atoms with Gasteiger partial charge >= 0.3 is 5.97 Å². The van der Waals surface area contributed by atoms with Gasteiger partial charge in [-0.05, 0) is 43.5 Å². The topological polar surface area (TPSA) is 109 Å². The second kappa shape index (κ2) is 9.34. The van der Waals surface area contributed by atoms with E-state index in [-0.39, 0.29) is 35.1 Å². The van der Waals surface area contributed by atoms with Crippen LogP contribution < -0.4 is 5.32 Å². The number of Topliss-reactive ketones (excluding diaryl/α,β-unsaturated/α-hetero) is 1. The van der Waals surface area contributed by atoms with Crippen LogP contribution in [0.5, 0.6) is 0 Å². The minimum atomic E-state index is -0.638. The minimum absolute atomic E-state index is 0.160. The van der Waals surface area contributed by atoms with E-state index >= 15 is 0 Å². The Kier molecular flexibility index (Phi) is 6.80. The predicted molar refractivity (Wildman–Crippen MR) is 116 cm³/mol. The van der Waals surface area contributed by atoms with Crippen molar-refractivity contribution in [1.82, 2.24) is 9.88 Å². The van der Waals surface area contributed by atoms with Crippen molar-refractivity contribution in [1.29, 1.82) is 0 Å². The lowest BCUT2D eigenvalue weighted by atomic mass is 10.1. The van der Waals surface area contributed by atoms with Crippen LogP contribution in [0.3, 0.4) is 0 Å². The number of halogens is 1. The molecule has 2 N–H and O–H groups in total. The summed E-state index contributed by atoms with van der Waals surface area (Å²) in [7, 11) is 1.23. The van der Waals surface area contributed by atoms with E-state index in [1.54, 1.807) is 24.0 Å². The molecule has 3 rings (SSSR count). The number of H-pyrrole nitrogens is 1. The van der Waals surface area contributed by atoms with Gasteiger partial charge in [0.15, 0.2) is 5.78 Å². The number of nitrogens with zero attached hydrogens (tertiary/aromatic N) is 1. The average Bonchev–Trinajstić information content (AvgIpc) is 3.36. The van der Waals surface area contributed by atoms with Gasteiger partial charge in [-0.2, -0.15) is 0 Å². The normalized spacial score (nSPS) is 13.2. The lowest BCUT2D eigenvalue weighted by molar-refractivity contribution is -0.115. The number of carbonyl (C=O) groups is 4. The van der Waals surface area contributed by atoms with Gasteiger partial charge in [-0.3, -0.25) is 14.4 Å². The third-order valence-corrected chi connectivity index (χ3v) is 5.52. The Morgan fingerprint density at radius 1 is 1.19 bits per heavy atom. The molecule has 1 saturated heterocycles. The highest BCUT2D eigenvalue weighted by Gasteiger charge is 2.26. The number of benzene rings is 1. The molecule has 0 aliphatic carbocycles. The molecule has 8 nitrogen and oxygen atoms in total. The summed E-state index contributed by atoms with van der Waals surface area (Å²) in [6, 6.07) is 4.69. The van der Waals surface area contributed by atoms with Gasteiger partial charge in [0.2, 0.25) is 5.91 Å². The molecule has 0 spiro atoms. The SMILES string of the molecule is COC(=O)c1c(CC(=O)Nc2ccc(Cl)cc2C(=O)N2CCCC2)[nH]c(C(C)=O)c1C. The fourth-order valence-corrected chi connectivity index (χ4v) is 3.94. The second-order valence-corrected chi connectivity index (χ2v) is 7.88. The fourth-order valence-electron chi connectivity index (χ4n) is 3.77. The van der Waals surface area contributed by atoms with Crippen molar-refractivity contribution in [3.05, 3.63) is 51.3 Å². The van der Waals surface area contributed by atoms with Gasteiger partial charge in [0, 0.05) is 30.7 Å². The number of rotatable bonds is 6. The molecule has 1 aromatic carbocycles. The summed E-state index contributed by atoms with van der Waals surface area (Å²) >= 11 is 6.08. The number of methoxy groups -OCH3 is 1. The predicted octanol–water partition coefficient (Wildman–Crippen LogP) is 3.38. The van der Waals surface area contributed by atoms with Crippen LogP contribution >= 0.6 is 11.6 Å². The number of carbonyl (C=O) groups excluding carboxylic acids is 4. The van der Waals surface area contributed by atoms with Gasteiger partial charge in [0.25, 0.3) is 5.91 Å². The van der Waals surface area contributed by atoms with E-state index in [2.05, 4.69) is 10.3 Å². The number of anilines is 1. The van der Waals surface area contributed by atoms with Crippen molar-refractivity contribution < 1.29 is 23.9 Å². The Labute approximate surface area is 184 Å². The number of nitrogens with one attached hydrogen (secondary N) is 2. The number of ether oxygens (including phenoxy) is 1. The van der Waals surface area contributed by atoms with E-state index in [1.807, 2.05) is 0 Å². The van der Waals surface area contributed by atoms with Crippen LogP contribution in [-0.4, -0.2) is 53.7 Å². The maximum atomic E-state index is 12.9. The molecule has 1 aliphatic heterocycles. The summed E-state index contributed by atoms with van der Waals surface area (Å²) in [4.78, 5) is 54.3. The molecule has 0 bridgehead atoms. The molecular formula is C22H24ClN3O5. The van der Waals surface area contributed by atoms with Crippen molar-refractivity contribution in [2.75, 3.05) is 25.5 Å². The van der Waals surface area contributed by atoms with Gasteiger partial charge in [-0.15, -0.1) is 0 Å². The van der Waals surface area contributed by atoms with Crippen LogP contribution in [0.4, 0.5) is 5.69 Å². The molecule has 0 saturated carbocycles. The van der Waals surface area contributed by atoms with Crippen LogP contribution in [0.1, 0.15) is 62.2 Å². The zero-order valence-corrected chi connectivity index (χ0v) is 18.4. The van der Waals surface area contributed by atoms with Crippen molar-refractivity contribution in [2.24, 2.45) is 0 Å². The van der Waals surface area contributed by atoms with Crippen molar-refractivity contribution in [3.8, 4) is 0 Å². The summed E-state index contributed by atoms with van der Waals surface area (Å²) in [5.74, 6) is -1.55. The van der Waals surface area contributed by atoms with Crippen LogP contribution in [-0.2, 0) is 16.0 Å². The highest BCUT2D eigenvalue weighted by molar-refractivity contribution is 6.31. The molecule has 0 unspecified atom stereocenters. The van der Waals surface area contributed by atoms with E-state index in [9.17, 15) is 19.2 Å². The quantitative estimate of drug-likeness (QED) is 0.523. The van der Waals surface area contributed by atoms with Gasteiger partial charge in [-0.25, -0.2) is 4.79 Å². The first-order valence-electron chi connectivity index (χ1n) is 9.92. The maximum absolute atomic E-state index is 12.9. The molecule has 0 radical (unpaired) electrons. The Balaban J connectivity index is 1.86. The summed E-state index contributed by atoms with van der Waals surface area (Å²) in [6.45, 7) is 4.31. The third-order valence-electron chi connectivity index (χ3n) is 5.29. The molecule has 164 valence electrons. The summed E-state index contributed by atoms with van der Waals surface area (Å²) < 4.78 is 4.80. The largest absolute Gasteiger partial charge is 0.465 e. The van der Waals surface area contributed by atoms with Gasteiger partial charge in [0.1, 0.15) is 0 Å². The van der Waals surface area contributed by atoms with Crippen LogP contribution in [0.2, 0.25) is 5.02 Å². The van der Waals surface area contributed by atoms with Crippen LogP contribution in [0.25, 0.3) is 0 Å². The Bertz CT molecular complexity index is 1050. The highest BCUT2D eigenvalue weighted by Crippen LogP contribution is 2.25. The van der Waals surface area contributed by atoms with E-state index in [0.717, 1.165) is 12.8 Å². The Morgan fingerprint density at radius 3 is 2.48 bits per heavy atom. The number of hydrogen-bond acceptors (Lipinski definition) is 5. The van der Waals surface area contributed by atoms with E-state index in [0.29, 0.717) is 34.9 Å². The molecule has 2 aromatic rings. The summed E-state index contributed by atoms with van der Waals surface area (Å²) in [6.07, 6.45) is 1.67. The zero-order chi connectivity index (χ0) is 22.7. The van der Waals surface area contributed by atoms with Crippen molar-refractivity contribution in [2.45, 2.75) is 33.1 Å². The monoisotopic (exact) mass is 445 g/mol. The molecule has 2 amide bonds. The number of aromatic nitrogens is 1. The lowest BCUT2D eigenvalue weighted by Crippen LogP contribution is -2.29. The number of ketones is 1. The molecule has 1 aromatic heterocycles. The number of likely N-dealkylation sites (tertiary alicyclic amines) is 1. The number of aromatic amines is 1. The van der Waals surface area contributed by atoms with Crippen LogP contribution in [0, 0.1) is 6.92 Å². The molecule has 0 atom stereocenters. The third kappa shape index (κ3) is 4.80. The van der Waals surface area contributed by atoms with Gasteiger partial charge < -0.3 is 19.9 Å². The van der Waals surface area contributed by atoms with E-state index in [1.165, 1.54) is 20.1 Å². The molecule has 9 heteroatoms. The van der Waals surface area contributed by atoms with Gasteiger partial charge in [-0.1, -0.05) is 11.6 Å². The first kappa shape index (κ1) is 22.6. The lowest BCUT2D eigenvalue weighted by Gasteiger charge is -2.18. The maximum Gasteiger partial charge on any atom is 0.339 e. The first-order chi connectivity index (χ1) is 14.7. The fraction of sp³-hybridized carbons (Fsp3) is 0.364. The molecule has 31 heavy (non-hydrogen) atoms. The average molecular weight is 446 g/mol. The summed E-state index contributed by atoms with van der Waals surface area (Å²) in [5, 5.41) is 3.12. The standard InChI is InChI=1S/C22H24ClN3O5/c1-12-19(22(30)31-3)17(25-20(12)13(2)27)11-18(28)24-16-7-6-14(23)10-15(16)21(29)26-8-4-5-9-26/h6-7,10,25H,4-5,8-9,11H2,1-3H3,(H,24,28). The smallest absolute Gasteiger partial charge is 0.339 e. The summed E-state index contributed by atoms with van der Waals surface area (Å²) in [5.41, 5.74) is 1.75. The number of esters is 1. The molecule has 1 aliphatic rings. The van der Waals surface area contributed by atoms with Crippen LogP contribution in [0.15, 0.2) is 18.2 Å². The Morgan fingerprint density at radius 2 is 1.87 bits per heavy atom. The second-order valence-electron chi connectivity index (χ2n) is 7.44. The van der Waals surface area contributed by atoms with E-state index < -0.39 is 11.9 Å². The molecule has 2 heterocycles. The first-order valence-corrected chi connectivity index (χ1v) is 10.3. The van der Waals surface area contributed by atoms with E-state index in [4.69, 9.17) is 16.3 Å². The highest BCUT2D eigenvalue weighted by atomic mass is 35.5. The number of amides is 2. The number of hydrogen-bond donors (Lipinski definition) is 2. The van der Waals surface area contributed by atoms with Crippen molar-refractivity contribution in [3.63, 3.8) is 0 Å². The Hall–Kier alpha value is -3.13. The van der Waals surface area contributed by atoms with Crippen molar-refractivity contribution >= 4 is 40.9 Å². The molecular weight excluding hydrogens is 422 g/mol.